The van der Waals surface area contributed by atoms with Gasteiger partial charge in [-0.2, -0.15) is 0 Å². The number of hydrogen-bond donors (Lipinski definition) is 1. The minimum atomic E-state index is -0.240. The van der Waals surface area contributed by atoms with E-state index < -0.39 is 0 Å². The zero-order valence-electron chi connectivity index (χ0n) is 14.4. The summed E-state index contributed by atoms with van der Waals surface area (Å²) in [7, 11) is 0. The molecule has 5 nitrogen and oxygen atoms in total. The summed E-state index contributed by atoms with van der Waals surface area (Å²) in [5.74, 6) is 0.866. The largest absolute Gasteiger partial charge is 0.487 e. The van der Waals surface area contributed by atoms with Crippen molar-refractivity contribution in [3.05, 3.63) is 29.3 Å². The standard InChI is InChI=1S/C19H25NO4/c1-18(2)12-14-11-13(3-4-15(14)24-18)17(21)20-16-5-8-23-19(16)6-9-22-10-7-19/h3-4,11,16H,5-10,12H2,1-2H3,(H,20,21)/t16-/m0/s1. The van der Waals surface area contributed by atoms with Gasteiger partial charge in [-0.3, -0.25) is 4.79 Å². The van der Waals surface area contributed by atoms with Gasteiger partial charge < -0.3 is 19.5 Å². The van der Waals surface area contributed by atoms with E-state index in [1.54, 1.807) is 0 Å². The number of nitrogens with one attached hydrogen (secondary N) is 1. The number of ether oxygens (including phenoxy) is 3. The van der Waals surface area contributed by atoms with E-state index in [1.807, 2.05) is 18.2 Å². The summed E-state index contributed by atoms with van der Waals surface area (Å²) in [5.41, 5.74) is 1.37. The maximum absolute atomic E-state index is 12.7. The van der Waals surface area contributed by atoms with Crippen molar-refractivity contribution >= 4 is 5.91 Å². The van der Waals surface area contributed by atoms with E-state index in [-0.39, 0.29) is 23.2 Å². The summed E-state index contributed by atoms with van der Waals surface area (Å²) in [6.45, 7) is 6.25. The summed E-state index contributed by atoms with van der Waals surface area (Å²) < 4.78 is 17.4. The maximum atomic E-state index is 12.7. The van der Waals surface area contributed by atoms with Gasteiger partial charge in [0.15, 0.2) is 0 Å². The van der Waals surface area contributed by atoms with Crippen LogP contribution in [0.2, 0.25) is 0 Å². The fourth-order valence-electron chi connectivity index (χ4n) is 4.15. The molecule has 3 aliphatic heterocycles. The minimum Gasteiger partial charge on any atom is -0.487 e. The lowest BCUT2D eigenvalue weighted by Crippen LogP contribution is -2.52. The lowest BCUT2D eigenvalue weighted by molar-refractivity contribution is -0.0872. The summed E-state index contributed by atoms with van der Waals surface area (Å²) in [6.07, 6.45) is 3.40. The quantitative estimate of drug-likeness (QED) is 0.904. The van der Waals surface area contributed by atoms with E-state index in [0.717, 1.165) is 37.0 Å². The monoisotopic (exact) mass is 331 g/mol. The van der Waals surface area contributed by atoms with Crippen LogP contribution in [0.5, 0.6) is 5.75 Å². The Hall–Kier alpha value is -1.59. The van der Waals surface area contributed by atoms with Gasteiger partial charge >= 0.3 is 0 Å². The molecule has 2 saturated heterocycles. The molecule has 1 N–H and O–H groups in total. The summed E-state index contributed by atoms with van der Waals surface area (Å²) >= 11 is 0. The van der Waals surface area contributed by atoms with Crippen molar-refractivity contribution in [3.63, 3.8) is 0 Å². The highest BCUT2D eigenvalue weighted by Gasteiger charge is 2.46. The zero-order valence-corrected chi connectivity index (χ0v) is 14.4. The Morgan fingerprint density at radius 1 is 1.21 bits per heavy atom. The molecule has 0 radical (unpaired) electrons. The van der Waals surface area contributed by atoms with Gasteiger partial charge in [0, 0.05) is 44.6 Å². The van der Waals surface area contributed by atoms with E-state index in [4.69, 9.17) is 14.2 Å². The third kappa shape index (κ3) is 2.80. The first-order valence-corrected chi connectivity index (χ1v) is 8.82. The first-order chi connectivity index (χ1) is 11.5. The Morgan fingerprint density at radius 3 is 2.79 bits per heavy atom. The molecular formula is C19H25NO4. The molecular weight excluding hydrogens is 306 g/mol. The number of hydrogen-bond acceptors (Lipinski definition) is 4. The van der Waals surface area contributed by atoms with Crippen molar-refractivity contribution < 1.29 is 19.0 Å². The molecule has 1 spiro atoms. The van der Waals surface area contributed by atoms with Gasteiger partial charge in [-0.25, -0.2) is 0 Å². The van der Waals surface area contributed by atoms with Crippen LogP contribution in [0.1, 0.15) is 49.0 Å². The molecule has 0 unspecified atom stereocenters. The lowest BCUT2D eigenvalue weighted by atomic mass is 9.86. The number of benzene rings is 1. The molecule has 5 heteroatoms. The van der Waals surface area contributed by atoms with Gasteiger partial charge in [0.2, 0.25) is 0 Å². The molecule has 1 aromatic rings. The Bertz CT molecular complexity index is 649. The van der Waals surface area contributed by atoms with Crippen LogP contribution in [0.3, 0.4) is 0 Å². The van der Waals surface area contributed by atoms with Crippen LogP contribution in [-0.4, -0.2) is 43.0 Å². The molecule has 1 amide bonds. The first-order valence-electron chi connectivity index (χ1n) is 8.82. The van der Waals surface area contributed by atoms with Crippen LogP contribution in [0.15, 0.2) is 18.2 Å². The minimum absolute atomic E-state index is 0.0242. The molecule has 1 aromatic carbocycles. The van der Waals surface area contributed by atoms with Gasteiger partial charge in [-0.15, -0.1) is 0 Å². The van der Waals surface area contributed by atoms with E-state index in [2.05, 4.69) is 19.2 Å². The third-order valence-corrected chi connectivity index (χ3v) is 5.40. The lowest BCUT2D eigenvalue weighted by Gasteiger charge is -2.37. The Labute approximate surface area is 142 Å². The highest BCUT2D eigenvalue weighted by Crippen LogP contribution is 2.37. The van der Waals surface area contributed by atoms with E-state index >= 15 is 0 Å². The van der Waals surface area contributed by atoms with Gasteiger partial charge in [-0.05, 0) is 44.0 Å². The maximum Gasteiger partial charge on any atom is 0.251 e. The highest BCUT2D eigenvalue weighted by molar-refractivity contribution is 5.95. The number of fused-ring (bicyclic) bond motifs is 1. The van der Waals surface area contributed by atoms with Crippen LogP contribution in [0, 0.1) is 0 Å². The molecule has 130 valence electrons. The second-order valence-corrected chi connectivity index (χ2v) is 7.70. The number of amides is 1. The Balaban J connectivity index is 1.49. The average Bonchev–Trinajstić information content (AvgIpc) is 3.06. The van der Waals surface area contributed by atoms with Crippen molar-refractivity contribution in [1.29, 1.82) is 0 Å². The summed E-state index contributed by atoms with van der Waals surface area (Å²) in [4.78, 5) is 12.7. The SMILES string of the molecule is CC1(C)Cc2cc(C(=O)N[C@H]3CCOC34CCOCC4)ccc2O1. The second kappa shape index (κ2) is 5.74. The van der Waals surface area contributed by atoms with Crippen LogP contribution < -0.4 is 10.1 Å². The summed E-state index contributed by atoms with van der Waals surface area (Å²) in [6, 6.07) is 5.79. The van der Waals surface area contributed by atoms with Crippen LogP contribution >= 0.6 is 0 Å². The molecule has 0 aromatic heterocycles. The van der Waals surface area contributed by atoms with Crippen molar-refractivity contribution in [2.45, 2.75) is 56.8 Å². The number of rotatable bonds is 2. The van der Waals surface area contributed by atoms with E-state index in [1.165, 1.54) is 0 Å². The van der Waals surface area contributed by atoms with E-state index in [0.29, 0.717) is 25.4 Å². The van der Waals surface area contributed by atoms with Crippen LogP contribution in [0.25, 0.3) is 0 Å². The molecule has 24 heavy (non-hydrogen) atoms. The van der Waals surface area contributed by atoms with Crippen molar-refractivity contribution in [1.82, 2.24) is 5.32 Å². The van der Waals surface area contributed by atoms with Gasteiger partial charge in [0.1, 0.15) is 11.4 Å². The zero-order chi connectivity index (χ0) is 16.8. The number of carbonyl (C=O) groups excluding carboxylic acids is 1. The molecule has 0 aliphatic carbocycles. The molecule has 0 bridgehead atoms. The number of carbonyl (C=O) groups is 1. The van der Waals surface area contributed by atoms with Crippen LogP contribution in [0.4, 0.5) is 0 Å². The van der Waals surface area contributed by atoms with Gasteiger partial charge in [-0.1, -0.05) is 0 Å². The predicted molar refractivity (Wildman–Crippen MR) is 89.5 cm³/mol. The second-order valence-electron chi connectivity index (χ2n) is 7.70. The third-order valence-electron chi connectivity index (χ3n) is 5.40. The predicted octanol–water partition coefficient (Wildman–Crippen LogP) is 2.47. The Morgan fingerprint density at radius 2 is 2.00 bits per heavy atom. The smallest absolute Gasteiger partial charge is 0.251 e. The van der Waals surface area contributed by atoms with Gasteiger partial charge in [0.05, 0.1) is 11.6 Å². The molecule has 2 fully saturated rings. The highest BCUT2D eigenvalue weighted by atomic mass is 16.5. The molecule has 4 rings (SSSR count). The van der Waals surface area contributed by atoms with Crippen LogP contribution in [-0.2, 0) is 15.9 Å². The molecule has 3 heterocycles. The van der Waals surface area contributed by atoms with Gasteiger partial charge in [0.25, 0.3) is 5.91 Å². The van der Waals surface area contributed by atoms with E-state index in [9.17, 15) is 4.79 Å². The molecule has 3 aliphatic rings. The topological polar surface area (TPSA) is 56.8 Å². The fraction of sp³-hybridized carbons (Fsp3) is 0.632. The van der Waals surface area contributed by atoms with Crippen molar-refractivity contribution in [2.75, 3.05) is 19.8 Å². The van der Waals surface area contributed by atoms with Crippen molar-refractivity contribution in [3.8, 4) is 5.75 Å². The molecule has 1 atom stereocenters. The Kier molecular flexibility index (Phi) is 3.81. The first kappa shape index (κ1) is 15.9. The normalized spacial score (nSPS) is 26.8. The molecule has 0 saturated carbocycles. The fourth-order valence-corrected chi connectivity index (χ4v) is 4.15. The average molecular weight is 331 g/mol. The van der Waals surface area contributed by atoms with Crippen molar-refractivity contribution in [2.24, 2.45) is 0 Å². The summed E-state index contributed by atoms with van der Waals surface area (Å²) in [5, 5.41) is 3.21.